The van der Waals surface area contributed by atoms with Crippen LogP contribution in [0.15, 0.2) is 12.2 Å². The second-order valence-electron chi connectivity index (χ2n) is 1.92. The Morgan fingerprint density at radius 3 is 2.18 bits per heavy atom. The summed E-state index contributed by atoms with van der Waals surface area (Å²) in [5.41, 5.74) is 0. The van der Waals surface area contributed by atoms with Crippen molar-refractivity contribution in [3.05, 3.63) is 12.2 Å². The molecule has 1 nitrogen and oxygen atoms in total. The molecular weight excluding hydrogens is 164 g/mol. The predicted molar refractivity (Wildman–Crippen MR) is 30.8 cm³/mol. The van der Waals surface area contributed by atoms with Gasteiger partial charge in [-0.05, 0) is 19.1 Å². The highest BCUT2D eigenvalue weighted by molar-refractivity contribution is 5.87. The van der Waals surface area contributed by atoms with E-state index in [9.17, 15) is 22.4 Å². The van der Waals surface area contributed by atoms with Crippen molar-refractivity contribution in [1.29, 1.82) is 0 Å². The first kappa shape index (κ1) is 10.1. The average Bonchev–Trinajstić information content (AvgIpc) is 1.84. The molecule has 0 rings (SSSR count). The smallest absolute Gasteiger partial charge is 0.295 e. The second-order valence-corrected chi connectivity index (χ2v) is 1.92. The average molecular weight is 170 g/mol. The molecule has 0 aromatic heterocycles. The molecule has 0 aliphatic rings. The Kier molecular flexibility index (Phi) is 3.22. The molecule has 0 aromatic rings. The molecule has 11 heavy (non-hydrogen) atoms. The quantitative estimate of drug-likeness (QED) is 0.467. The molecule has 0 bridgehead atoms. The van der Waals surface area contributed by atoms with Crippen molar-refractivity contribution in [2.24, 2.45) is 0 Å². The summed E-state index contributed by atoms with van der Waals surface area (Å²) in [6, 6.07) is 0. The van der Waals surface area contributed by atoms with Crippen LogP contribution in [-0.2, 0) is 4.79 Å². The maximum absolute atomic E-state index is 11.9. The normalized spacial score (nSPS) is 12.9. The fourth-order valence-electron chi connectivity index (χ4n) is 0.301. The Bertz CT molecular complexity index is 173. The molecule has 0 saturated heterocycles. The fourth-order valence-corrected chi connectivity index (χ4v) is 0.301. The van der Waals surface area contributed by atoms with E-state index in [0.717, 1.165) is 6.92 Å². The van der Waals surface area contributed by atoms with E-state index in [1.54, 1.807) is 0 Å². The van der Waals surface area contributed by atoms with Crippen LogP contribution in [0.5, 0.6) is 0 Å². The third-order valence-electron chi connectivity index (χ3n) is 0.831. The monoisotopic (exact) mass is 170 g/mol. The number of allylic oxidation sites excluding steroid dienone is 2. The molecule has 0 spiro atoms. The maximum atomic E-state index is 11.9. The molecular formula is C6H6F4O. The van der Waals surface area contributed by atoms with Gasteiger partial charge in [0.1, 0.15) is 0 Å². The maximum Gasteiger partial charge on any atom is 0.326 e. The van der Waals surface area contributed by atoms with Gasteiger partial charge in [0.2, 0.25) is 0 Å². The Labute approximate surface area is 60.7 Å². The van der Waals surface area contributed by atoms with Gasteiger partial charge in [0.25, 0.3) is 0 Å². The van der Waals surface area contributed by atoms with E-state index in [1.165, 1.54) is 0 Å². The third-order valence-corrected chi connectivity index (χ3v) is 0.831. The first-order valence-electron chi connectivity index (χ1n) is 2.72. The zero-order chi connectivity index (χ0) is 9.07. The highest BCUT2D eigenvalue weighted by Gasteiger charge is 2.37. The van der Waals surface area contributed by atoms with Crippen molar-refractivity contribution in [3.63, 3.8) is 0 Å². The first-order valence-corrected chi connectivity index (χ1v) is 2.72. The number of hydrogen-bond donors (Lipinski definition) is 0. The van der Waals surface area contributed by atoms with Gasteiger partial charge in [-0.15, -0.1) is 0 Å². The van der Waals surface area contributed by atoms with Crippen LogP contribution in [-0.4, -0.2) is 18.1 Å². The van der Waals surface area contributed by atoms with E-state index in [2.05, 4.69) is 0 Å². The number of hydrogen-bond acceptors (Lipinski definition) is 1. The number of alkyl halides is 4. The lowest BCUT2D eigenvalue weighted by atomic mass is 10.3. The minimum Gasteiger partial charge on any atom is -0.295 e. The van der Waals surface area contributed by atoms with E-state index in [1.807, 2.05) is 0 Å². The van der Waals surface area contributed by atoms with Crippen molar-refractivity contribution in [2.45, 2.75) is 19.3 Å². The highest BCUT2D eigenvalue weighted by atomic mass is 19.3. The molecule has 0 heterocycles. The van der Waals surface area contributed by atoms with Crippen LogP contribution in [0.25, 0.3) is 0 Å². The summed E-state index contributed by atoms with van der Waals surface area (Å²) in [6.07, 6.45) is -3.44. The third kappa shape index (κ3) is 3.75. The molecule has 0 radical (unpaired) electrons. The van der Waals surface area contributed by atoms with Crippen LogP contribution in [0.4, 0.5) is 17.6 Å². The van der Waals surface area contributed by atoms with Gasteiger partial charge in [0.15, 0.2) is 5.78 Å². The Balaban J connectivity index is 4.23. The Morgan fingerprint density at radius 1 is 1.45 bits per heavy atom. The summed E-state index contributed by atoms with van der Waals surface area (Å²) in [5, 5.41) is 0. The van der Waals surface area contributed by atoms with Crippen LogP contribution < -0.4 is 0 Å². The second kappa shape index (κ2) is 3.50. The zero-order valence-corrected chi connectivity index (χ0v) is 5.65. The summed E-state index contributed by atoms with van der Waals surface area (Å²) in [5.74, 6) is -4.89. The molecule has 0 fully saturated rings. The van der Waals surface area contributed by atoms with Gasteiger partial charge in [-0.2, -0.15) is 8.78 Å². The lowest BCUT2D eigenvalue weighted by Gasteiger charge is -2.08. The summed E-state index contributed by atoms with van der Waals surface area (Å²) in [6.45, 7) is 0.998. The summed E-state index contributed by atoms with van der Waals surface area (Å²) >= 11 is 0. The van der Waals surface area contributed by atoms with E-state index < -0.39 is 18.1 Å². The number of carbonyl (C=O) groups is 1. The summed E-state index contributed by atoms with van der Waals surface area (Å²) < 4.78 is 46.5. The van der Waals surface area contributed by atoms with Gasteiger partial charge >= 0.3 is 12.3 Å². The topological polar surface area (TPSA) is 17.1 Å². The molecule has 0 saturated carbocycles. The molecule has 64 valence electrons. The lowest BCUT2D eigenvalue weighted by Crippen LogP contribution is -2.23. The van der Waals surface area contributed by atoms with Crippen LogP contribution in [0.1, 0.15) is 6.92 Å². The zero-order valence-electron chi connectivity index (χ0n) is 5.65. The standard InChI is InChI=1S/C6H6F4O/c1-4(11)2-3-6(9,10)5(7)8/h2-3,5H,1H3/b3-2+. The minimum absolute atomic E-state index is 0.0972. The number of ketones is 1. The van der Waals surface area contributed by atoms with Crippen molar-refractivity contribution in [1.82, 2.24) is 0 Å². The molecule has 0 aliphatic carbocycles. The fraction of sp³-hybridized carbons (Fsp3) is 0.500. The van der Waals surface area contributed by atoms with Crippen molar-refractivity contribution in [2.75, 3.05) is 0 Å². The lowest BCUT2D eigenvalue weighted by molar-refractivity contribution is -0.113. The van der Waals surface area contributed by atoms with Crippen LogP contribution in [0.2, 0.25) is 0 Å². The summed E-state index contributed by atoms with van der Waals surface area (Å²) in [7, 11) is 0. The highest BCUT2D eigenvalue weighted by Crippen LogP contribution is 2.23. The largest absolute Gasteiger partial charge is 0.326 e. The molecule has 0 aliphatic heterocycles. The number of halogens is 4. The van der Waals surface area contributed by atoms with Crippen molar-refractivity contribution >= 4 is 5.78 Å². The van der Waals surface area contributed by atoms with Gasteiger partial charge in [-0.1, -0.05) is 0 Å². The van der Waals surface area contributed by atoms with Crippen molar-refractivity contribution < 1.29 is 22.4 Å². The SMILES string of the molecule is CC(=O)/C=C/C(F)(F)C(F)F. The minimum atomic E-state index is -4.20. The van der Waals surface area contributed by atoms with Gasteiger partial charge in [-0.25, -0.2) is 8.78 Å². The molecule has 0 atom stereocenters. The Morgan fingerprint density at radius 2 is 1.91 bits per heavy atom. The molecule has 0 N–H and O–H groups in total. The van der Waals surface area contributed by atoms with Crippen molar-refractivity contribution in [3.8, 4) is 0 Å². The van der Waals surface area contributed by atoms with Gasteiger partial charge in [0, 0.05) is 0 Å². The van der Waals surface area contributed by atoms with Gasteiger partial charge in [-0.3, -0.25) is 4.79 Å². The Hall–Kier alpha value is -0.870. The number of carbonyl (C=O) groups excluding carboxylic acids is 1. The van der Waals surface area contributed by atoms with Gasteiger partial charge < -0.3 is 0 Å². The molecule has 0 aromatic carbocycles. The van der Waals surface area contributed by atoms with Crippen LogP contribution in [0, 0.1) is 0 Å². The van der Waals surface area contributed by atoms with Gasteiger partial charge in [0.05, 0.1) is 0 Å². The summed E-state index contributed by atoms with van der Waals surface area (Å²) in [4.78, 5) is 10.0. The predicted octanol–water partition coefficient (Wildman–Crippen LogP) is 2.03. The molecule has 0 unspecified atom stereocenters. The van der Waals surface area contributed by atoms with E-state index in [-0.39, 0.29) is 6.08 Å². The van der Waals surface area contributed by atoms with E-state index >= 15 is 0 Å². The number of rotatable bonds is 3. The van der Waals surface area contributed by atoms with Crippen LogP contribution >= 0.6 is 0 Å². The van der Waals surface area contributed by atoms with E-state index in [0.29, 0.717) is 6.08 Å². The van der Waals surface area contributed by atoms with Crippen LogP contribution in [0.3, 0.4) is 0 Å². The first-order chi connectivity index (χ1) is 4.86. The van der Waals surface area contributed by atoms with E-state index in [4.69, 9.17) is 0 Å². The molecule has 5 heteroatoms. The molecule has 0 amide bonds.